The molecule has 0 aromatic heterocycles. The van der Waals surface area contributed by atoms with E-state index in [1.165, 1.54) is 6.42 Å². The van der Waals surface area contributed by atoms with Gasteiger partial charge < -0.3 is 10.0 Å². The molecule has 1 aliphatic rings. The van der Waals surface area contributed by atoms with Crippen molar-refractivity contribution in [3.63, 3.8) is 0 Å². The van der Waals surface area contributed by atoms with Crippen molar-refractivity contribution in [2.75, 3.05) is 26.7 Å². The molecule has 1 N–H and O–H groups in total. The fraction of sp³-hybridized carbons (Fsp3) is 0.917. The summed E-state index contributed by atoms with van der Waals surface area (Å²) in [5.74, 6) is -0.716. The van der Waals surface area contributed by atoms with Crippen LogP contribution in [0.3, 0.4) is 0 Å². The molecule has 1 fully saturated rings. The molecular formula is C12H24N2O2. The summed E-state index contributed by atoms with van der Waals surface area (Å²) in [5, 5.41) is 8.93. The van der Waals surface area contributed by atoms with Gasteiger partial charge in [0, 0.05) is 12.1 Å². The van der Waals surface area contributed by atoms with Crippen LogP contribution in [-0.2, 0) is 4.79 Å². The Bertz CT molecular complexity index is 231. The first-order valence-electron chi connectivity index (χ1n) is 6.16. The Labute approximate surface area is 98.2 Å². The van der Waals surface area contributed by atoms with E-state index in [4.69, 9.17) is 5.11 Å². The zero-order valence-electron chi connectivity index (χ0n) is 10.6. The van der Waals surface area contributed by atoms with Crippen LogP contribution in [0.1, 0.15) is 33.1 Å². The second-order valence-corrected chi connectivity index (χ2v) is 5.05. The van der Waals surface area contributed by atoms with Crippen LogP contribution in [0.4, 0.5) is 0 Å². The number of carboxylic acids is 1. The molecule has 94 valence electrons. The summed E-state index contributed by atoms with van der Waals surface area (Å²) >= 11 is 0. The van der Waals surface area contributed by atoms with Crippen LogP contribution in [0.15, 0.2) is 0 Å². The fourth-order valence-corrected chi connectivity index (χ4v) is 2.44. The number of hydrogen-bond acceptors (Lipinski definition) is 3. The minimum atomic E-state index is -0.716. The zero-order valence-corrected chi connectivity index (χ0v) is 10.6. The Balaban J connectivity index is 2.58. The molecule has 1 heterocycles. The lowest BCUT2D eigenvalue weighted by Gasteiger charge is -2.33. The number of aliphatic carboxylic acids is 1. The van der Waals surface area contributed by atoms with Gasteiger partial charge in [-0.3, -0.25) is 9.69 Å². The highest BCUT2D eigenvalue weighted by Crippen LogP contribution is 2.18. The van der Waals surface area contributed by atoms with Crippen LogP contribution in [0.25, 0.3) is 0 Å². The Kier molecular flexibility index (Phi) is 5.22. The Morgan fingerprint density at radius 1 is 1.44 bits per heavy atom. The topological polar surface area (TPSA) is 43.8 Å². The van der Waals surface area contributed by atoms with Crippen molar-refractivity contribution in [1.82, 2.24) is 9.80 Å². The van der Waals surface area contributed by atoms with Gasteiger partial charge in [-0.15, -0.1) is 0 Å². The van der Waals surface area contributed by atoms with Gasteiger partial charge >= 0.3 is 5.97 Å². The Morgan fingerprint density at radius 2 is 2.12 bits per heavy atom. The lowest BCUT2D eigenvalue weighted by Crippen LogP contribution is -2.44. The highest BCUT2D eigenvalue weighted by Gasteiger charge is 2.25. The van der Waals surface area contributed by atoms with Crippen molar-refractivity contribution in [3.05, 3.63) is 0 Å². The predicted octanol–water partition coefficient (Wildman–Crippen LogP) is 1.27. The molecule has 1 saturated heterocycles. The molecule has 0 aromatic rings. The van der Waals surface area contributed by atoms with Crippen molar-refractivity contribution < 1.29 is 9.90 Å². The third kappa shape index (κ3) is 4.10. The summed E-state index contributed by atoms with van der Waals surface area (Å²) in [6.45, 7) is 6.55. The first kappa shape index (κ1) is 13.5. The van der Waals surface area contributed by atoms with Gasteiger partial charge in [-0.2, -0.15) is 0 Å². The molecule has 1 rings (SSSR count). The maximum absolute atomic E-state index is 10.9. The second-order valence-electron chi connectivity index (χ2n) is 5.05. The third-order valence-corrected chi connectivity index (χ3v) is 3.37. The van der Waals surface area contributed by atoms with Gasteiger partial charge in [0.05, 0.1) is 6.54 Å². The van der Waals surface area contributed by atoms with Crippen LogP contribution in [0, 0.1) is 0 Å². The van der Waals surface area contributed by atoms with Crippen LogP contribution in [0.2, 0.25) is 0 Å². The lowest BCUT2D eigenvalue weighted by molar-refractivity contribution is -0.139. The standard InChI is InChI=1S/C12H24N2O2/c1-10(2)14(9-12(15)16)11-5-4-7-13(3)8-6-11/h10-11H,4-9H2,1-3H3,(H,15,16). The van der Waals surface area contributed by atoms with Crippen LogP contribution in [-0.4, -0.2) is 59.6 Å². The van der Waals surface area contributed by atoms with Crippen LogP contribution in [0.5, 0.6) is 0 Å². The summed E-state index contributed by atoms with van der Waals surface area (Å²) in [6.07, 6.45) is 3.38. The number of carbonyl (C=O) groups is 1. The summed E-state index contributed by atoms with van der Waals surface area (Å²) in [7, 11) is 2.14. The number of rotatable bonds is 4. The van der Waals surface area contributed by atoms with E-state index < -0.39 is 5.97 Å². The maximum atomic E-state index is 10.9. The zero-order chi connectivity index (χ0) is 12.1. The van der Waals surface area contributed by atoms with E-state index in [2.05, 4.69) is 30.7 Å². The number of carboxylic acid groups (broad SMARTS) is 1. The predicted molar refractivity (Wildman–Crippen MR) is 64.6 cm³/mol. The third-order valence-electron chi connectivity index (χ3n) is 3.37. The SMILES string of the molecule is CC(C)N(CC(=O)O)C1CCCN(C)CC1. The van der Waals surface area contributed by atoms with E-state index in [0.717, 1.165) is 25.9 Å². The average molecular weight is 228 g/mol. The van der Waals surface area contributed by atoms with Gasteiger partial charge in [0.1, 0.15) is 0 Å². The summed E-state index contributed by atoms with van der Waals surface area (Å²) in [5.41, 5.74) is 0. The van der Waals surface area contributed by atoms with Gasteiger partial charge in [-0.25, -0.2) is 0 Å². The molecule has 0 saturated carbocycles. The first-order chi connectivity index (χ1) is 7.50. The van der Waals surface area contributed by atoms with Crippen molar-refractivity contribution in [3.8, 4) is 0 Å². The second kappa shape index (κ2) is 6.21. The molecular weight excluding hydrogens is 204 g/mol. The van der Waals surface area contributed by atoms with Crippen molar-refractivity contribution in [1.29, 1.82) is 0 Å². The van der Waals surface area contributed by atoms with Gasteiger partial charge in [0.15, 0.2) is 0 Å². The normalized spacial score (nSPS) is 23.7. The molecule has 0 radical (unpaired) electrons. The Hall–Kier alpha value is -0.610. The fourth-order valence-electron chi connectivity index (χ4n) is 2.44. The largest absolute Gasteiger partial charge is 0.480 e. The first-order valence-corrected chi connectivity index (χ1v) is 6.16. The van der Waals surface area contributed by atoms with Gasteiger partial charge in [0.2, 0.25) is 0 Å². The van der Waals surface area contributed by atoms with Gasteiger partial charge in [-0.1, -0.05) is 0 Å². The van der Waals surface area contributed by atoms with Crippen molar-refractivity contribution >= 4 is 5.97 Å². The highest BCUT2D eigenvalue weighted by molar-refractivity contribution is 5.69. The number of nitrogens with zero attached hydrogens (tertiary/aromatic N) is 2. The van der Waals surface area contributed by atoms with E-state index in [1.54, 1.807) is 0 Å². The summed E-state index contributed by atoms with van der Waals surface area (Å²) in [4.78, 5) is 15.3. The number of likely N-dealkylation sites (tertiary alicyclic amines) is 1. The average Bonchev–Trinajstić information content (AvgIpc) is 2.39. The quantitative estimate of drug-likeness (QED) is 0.787. The van der Waals surface area contributed by atoms with Crippen LogP contribution < -0.4 is 0 Å². The van der Waals surface area contributed by atoms with E-state index in [9.17, 15) is 4.79 Å². The molecule has 4 nitrogen and oxygen atoms in total. The molecule has 1 unspecified atom stereocenters. The lowest BCUT2D eigenvalue weighted by atomic mass is 10.1. The molecule has 4 heteroatoms. The summed E-state index contributed by atoms with van der Waals surface area (Å²) < 4.78 is 0. The molecule has 1 aliphatic heterocycles. The maximum Gasteiger partial charge on any atom is 0.317 e. The molecule has 0 aliphatic carbocycles. The monoisotopic (exact) mass is 228 g/mol. The minimum Gasteiger partial charge on any atom is -0.480 e. The number of hydrogen-bond donors (Lipinski definition) is 1. The molecule has 0 bridgehead atoms. The molecule has 0 aromatic carbocycles. The molecule has 1 atom stereocenters. The molecule has 16 heavy (non-hydrogen) atoms. The molecule has 0 amide bonds. The van der Waals surface area contributed by atoms with E-state index in [1.807, 2.05) is 0 Å². The minimum absolute atomic E-state index is 0.173. The van der Waals surface area contributed by atoms with Gasteiger partial charge in [0.25, 0.3) is 0 Å². The Morgan fingerprint density at radius 3 is 2.69 bits per heavy atom. The van der Waals surface area contributed by atoms with Crippen molar-refractivity contribution in [2.24, 2.45) is 0 Å². The van der Waals surface area contributed by atoms with E-state index in [-0.39, 0.29) is 6.54 Å². The van der Waals surface area contributed by atoms with Gasteiger partial charge in [-0.05, 0) is 53.2 Å². The highest BCUT2D eigenvalue weighted by atomic mass is 16.4. The van der Waals surface area contributed by atoms with E-state index in [0.29, 0.717) is 12.1 Å². The van der Waals surface area contributed by atoms with E-state index >= 15 is 0 Å². The smallest absolute Gasteiger partial charge is 0.317 e. The van der Waals surface area contributed by atoms with Crippen molar-refractivity contribution in [2.45, 2.75) is 45.2 Å². The molecule has 0 spiro atoms. The summed E-state index contributed by atoms with van der Waals surface area (Å²) in [6, 6.07) is 0.741. The van der Waals surface area contributed by atoms with Crippen LogP contribution >= 0.6 is 0 Å².